The molecular weight excluding hydrogens is 524 g/mol. The molecule has 2 amide bonds. The Kier molecular flexibility index (Phi) is 8.53. The fourth-order valence-electron chi connectivity index (χ4n) is 5.64. The number of hydrogen-bond acceptors (Lipinski definition) is 4. The lowest BCUT2D eigenvalue weighted by Gasteiger charge is -2.31. The van der Waals surface area contributed by atoms with E-state index in [1.54, 1.807) is 4.90 Å². The lowest BCUT2D eigenvalue weighted by Crippen LogP contribution is -2.49. The zero-order chi connectivity index (χ0) is 29.9. The number of rotatable bonds is 8. The molecule has 4 aromatic carbocycles. The van der Waals surface area contributed by atoms with Crippen LogP contribution in [0.3, 0.4) is 0 Å². The Morgan fingerprint density at radius 3 is 2.07 bits per heavy atom. The summed E-state index contributed by atoms with van der Waals surface area (Å²) in [6.07, 6.45) is -0.916. The molecule has 6 nitrogen and oxygen atoms in total. The van der Waals surface area contributed by atoms with E-state index >= 15 is 0 Å². The summed E-state index contributed by atoms with van der Waals surface area (Å²) >= 11 is 0. The molecule has 4 aromatic rings. The van der Waals surface area contributed by atoms with Crippen molar-refractivity contribution < 1.29 is 19.1 Å². The summed E-state index contributed by atoms with van der Waals surface area (Å²) < 4.78 is 11.6. The summed E-state index contributed by atoms with van der Waals surface area (Å²) in [5.41, 5.74) is 5.09. The third-order valence-corrected chi connectivity index (χ3v) is 7.76. The van der Waals surface area contributed by atoms with Gasteiger partial charge >= 0.3 is 12.2 Å². The average molecular weight is 565 g/mol. The molecule has 0 aliphatic heterocycles. The Bertz CT molecular complexity index is 1520. The standard InChI is InChI=1S/C36H40N2O4/c1-24(2)33(37-34(39)42-36(3,4)5)22-38(21-26-15-12-14-25-13-6-7-16-27(25)26)35(40)41-23-32-30-19-10-8-17-28(30)29-18-9-11-20-31(29)32/h6-20,24,32-33H,21-23H2,1-5H3,(H,37,39)/t33-/m1/s1. The first-order valence-corrected chi connectivity index (χ1v) is 14.7. The molecule has 0 spiro atoms. The van der Waals surface area contributed by atoms with E-state index in [-0.39, 0.29) is 31.0 Å². The molecule has 0 fully saturated rings. The van der Waals surface area contributed by atoms with Crippen LogP contribution in [0.4, 0.5) is 9.59 Å². The van der Waals surface area contributed by atoms with E-state index in [0.717, 1.165) is 16.3 Å². The zero-order valence-corrected chi connectivity index (χ0v) is 25.1. The highest BCUT2D eigenvalue weighted by molar-refractivity contribution is 5.86. The maximum Gasteiger partial charge on any atom is 0.410 e. The normalized spacial score (nSPS) is 13.4. The van der Waals surface area contributed by atoms with Crippen LogP contribution in [0.15, 0.2) is 91.0 Å². The molecule has 0 unspecified atom stereocenters. The molecule has 0 radical (unpaired) electrons. The molecule has 0 bridgehead atoms. The second-order valence-corrected chi connectivity index (χ2v) is 12.3. The molecule has 1 aliphatic rings. The van der Waals surface area contributed by atoms with Gasteiger partial charge in [0.1, 0.15) is 12.2 Å². The zero-order valence-electron chi connectivity index (χ0n) is 25.1. The summed E-state index contributed by atoms with van der Waals surface area (Å²) in [5, 5.41) is 5.18. The van der Waals surface area contributed by atoms with Gasteiger partial charge in [0.25, 0.3) is 0 Å². The van der Waals surface area contributed by atoms with Gasteiger partial charge in [-0.1, -0.05) is 105 Å². The molecule has 0 saturated heterocycles. The smallest absolute Gasteiger partial charge is 0.410 e. The lowest BCUT2D eigenvalue weighted by molar-refractivity contribution is 0.0458. The number of ether oxygens (including phenoxy) is 2. The summed E-state index contributed by atoms with van der Waals surface area (Å²) in [5.74, 6) is 0.00969. The van der Waals surface area contributed by atoms with Gasteiger partial charge < -0.3 is 19.7 Å². The first-order chi connectivity index (χ1) is 20.1. The van der Waals surface area contributed by atoms with Crippen molar-refractivity contribution in [2.75, 3.05) is 13.2 Å². The Hall–Kier alpha value is -4.32. The van der Waals surface area contributed by atoms with Crippen molar-refractivity contribution in [3.63, 3.8) is 0 Å². The molecule has 6 heteroatoms. The van der Waals surface area contributed by atoms with Crippen LogP contribution < -0.4 is 5.32 Å². The molecule has 0 aromatic heterocycles. The van der Waals surface area contributed by atoms with Crippen molar-refractivity contribution in [2.45, 2.75) is 58.7 Å². The summed E-state index contributed by atoms with van der Waals surface area (Å²) in [4.78, 5) is 28.3. The number of nitrogens with zero attached hydrogens (tertiary/aromatic N) is 1. The largest absolute Gasteiger partial charge is 0.448 e. The lowest BCUT2D eigenvalue weighted by atomic mass is 9.98. The van der Waals surface area contributed by atoms with E-state index < -0.39 is 17.8 Å². The predicted molar refractivity (Wildman–Crippen MR) is 167 cm³/mol. The van der Waals surface area contributed by atoms with E-state index in [9.17, 15) is 9.59 Å². The van der Waals surface area contributed by atoms with Gasteiger partial charge in [0.15, 0.2) is 0 Å². The Morgan fingerprint density at radius 2 is 1.43 bits per heavy atom. The monoisotopic (exact) mass is 564 g/mol. The van der Waals surface area contributed by atoms with Crippen LogP contribution in [0.1, 0.15) is 57.2 Å². The summed E-state index contributed by atoms with van der Waals surface area (Å²) in [6, 6.07) is 30.5. The quantitative estimate of drug-likeness (QED) is 0.235. The van der Waals surface area contributed by atoms with Gasteiger partial charge in [-0.3, -0.25) is 0 Å². The summed E-state index contributed by atoms with van der Waals surface area (Å²) in [7, 11) is 0. The number of hydrogen-bond donors (Lipinski definition) is 1. The predicted octanol–water partition coefficient (Wildman–Crippen LogP) is 8.14. The minimum absolute atomic E-state index is 0.0402. The number of carbonyl (C=O) groups is 2. The molecule has 1 atom stereocenters. The minimum Gasteiger partial charge on any atom is -0.448 e. The first kappa shape index (κ1) is 29.2. The van der Waals surface area contributed by atoms with Crippen LogP contribution >= 0.6 is 0 Å². The number of fused-ring (bicyclic) bond motifs is 4. The van der Waals surface area contributed by atoms with Gasteiger partial charge in [0.05, 0.1) is 6.04 Å². The van der Waals surface area contributed by atoms with E-state index in [1.165, 1.54) is 22.3 Å². The van der Waals surface area contributed by atoms with E-state index in [0.29, 0.717) is 6.54 Å². The topological polar surface area (TPSA) is 67.9 Å². The Labute approximate surface area is 248 Å². The van der Waals surface area contributed by atoms with Crippen molar-refractivity contribution in [1.29, 1.82) is 0 Å². The average Bonchev–Trinajstić information content (AvgIpc) is 3.27. The van der Waals surface area contributed by atoms with Crippen molar-refractivity contribution in [1.82, 2.24) is 10.2 Å². The molecule has 42 heavy (non-hydrogen) atoms. The maximum absolute atomic E-state index is 13.9. The van der Waals surface area contributed by atoms with Crippen LogP contribution in [0.2, 0.25) is 0 Å². The van der Waals surface area contributed by atoms with Gasteiger partial charge in [-0.15, -0.1) is 0 Å². The van der Waals surface area contributed by atoms with Crippen LogP contribution in [0, 0.1) is 5.92 Å². The molecular formula is C36H40N2O4. The van der Waals surface area contributed by atoms with E-state index in [4.69, 9.17) is 9.47 Å². The van der Waals surface area contributed by atoms with Gasteiger partial charge in [-0.05, 0) is 65.3 Å². The number of amides is 2. The van der Waals surface area contributed by atoms with Crippen LogP contribution in [0.5, 0.6) is 0 Å². The SMILES string of the molecule is CC(C)[C@@H](CN(Cc1cccc2ccccc12)C(=O)OCC1c2ccccc2-c2ccccc21)NC(=O)OC(C)(C)C. The minimum atomic E-state index is -0.624. The number of nitrogens with one attached hydrogen (secondary N) is 1. The highest BCUT2D eigenvalue weighted by Crippen LogP contribution is 2.44. The van der Waals surface area contributed by atoms with Crippen LogP contribution in [0.25, 0.3) is 21.9 Å². The number of benzene rings is 4. The fraction of sp³-hybridized carbons (Fsp3) is 0.333. The molecule has 0 heterocycles. The number of carbonyl (C=O) groups excluding carboxylic acids is 2. The molecule has 1 N–H and O–H groups in total. The second kappa shape index (κ2) is 12.3. The summed E-state index contributed by atoms with van der Waals surface area (Å²) in [6.45, 7) is 10.4. The van der Waals surface area contributed by atoms with Crippen molar-refractivity contribution in [2.24, 2.45) is 5.92 Å². The van der Waals surface area contributed by atoms with Gasteiger partial charge in [-0.2, -0.15) is 0 Å². The van der Waals surface area contributed by atoms with Gasteiger partial charge in [0.2, 0.25) is 0 Å². The van der Waals surface area contributed by atoms with Gasteiger partial charge in [0, 0.05) is 19.0 Å². The first-order valence-electron chi connectivity index (χ1n) is 14.7. The van der Waals surface area contributed by atoms with Gasteiger partial charge in [-0.25, -0.2) is 9.59 Å². The van der Waals surface area contributed by atoms with Crippen molar-refractivity contribution in [3.8, 4) is 11.1 Å². The van der Waals surface area contributed by atoms with Crippen LogP contribution in [-0.4, -0.2) is 41.9 Å². The molecule has 5 rings (SSSR count). The van der Waals surface area contributed by atoms with Crippen LogP contribution in [-0.2, 0) is 16.0 Å². The molecule has 1 aliphatic carbocycles. The third kappa shape index (κ3) is 6.59. The fourth-order valence-corrected chi connectivity index (χ4v) is 5.64. The Morgan fingerprint density at radius 1 is 0.833 bits per heavy atom. The third-order valence-electron chi connectivity index (χ3n) is 7.76. The maximum atomic E-state index is 13.9. The van der Waals surface area contributed by atoms with E-state index in [2.05, 4.69) is 47.8 Å². The molecule has 218 valence electrons. The number of alkyl carbamates (subject to hydrolysis) is 1. The van der Waals surface area contributed by atoms with E-state index in [1.807, 2.05) is 83.1 Å². The highest BCUT2D eigenvalue weighted by atomic mass is 16.6. The molecule has 0 saturated carbocycles. The van der Waals surface area contributed by atoms with Crippen molar-refractivity contribution in [3.05, 3.63) is 108 Å². The highest BCUT2D eigenvalue weighted by Gasteiger charge is 2.31. The van der Waals surface area contributed by atoms with Crippen molar-refractivity contribution >= 4 is 23.0 Å². The Balaban J connectivity index is 1.40. The second-order valence-electron chi connectivity index (χ2n) is 12.3.